The van der Waals surface area contributed by atoms with Crippen molar-refractivity contribution in [2.45, 2.75) is 57.5 Å². The van der Waals surface area contributed by atoms with Gasteiger partial charge in [0.25, 0.3) is 5.56 Å². The molecule has 1 unspecified atom stereocenters. The molecule has 6 rings (SSSR count). The van der Waals surface area contributed by atoms with Crippen LogP contribution in [0.5, 0.6) is 0 Å². The molecule has 1 atom stereocenters. The van der Waals surface area contributed by atoms with Crippen LogP contribution in [0.25, 0.3) is 10.9 Å². The molecule has 2 aliphatic carbocycles. The number of fused-ring (bicyclic) bond motifs is 2. The lowest BCUT2D eigenvalue weighted by molar-refractivity contribution is 0.294. The Morgan fingerprint density at radius 2 is 1.97 bits per heavy atom. The highest BCUT2D eigenvalue weighted by Crippen LogP contribution is 2.34. The van der Waals surface area contributed by atoms with E-state index in [1.54, 1.807) is 16.7 Å². The van der Waals surface area contributed by atoms with Gasteiger partial charge in [0.2, 0.25) is 0 Å². The van der Waals surface area contributed by atoms with E-state index in [0.717, 1.165) is 44.1 Å². The highest BCUT2D eigenvalue weighted by Gasteiger charge is 2.29. The SMILES string of the molecule is CC(Nc1ncnc(N)c1C(=N)c1ccc2c(c1)CCC2)c1nc2cccc(F)c2c(=O)n1C1CCC1. The van der Waals surface area contributed by atoms with E-state index in [1.807, 2.05) is 13.0 Å². The van der Waals surface area contributed by atoms with Crippen molar-refractivity contribution in [2.75, 3.05) is 11.1 Å². The molecule has 0 aliphatic heterocycles. The second-order valence-electron chi connectivity index (χ2n) is 9.92. The number of rotatable bonds is 6. The quantitative estimate of drug-likeness (QED) is 0.332. The first-order chi connectivity index (χ1) is 17.9. The van der Waals surface area contributed by atoms with Gasteiger partial charge in [-0.2, -0.15) is 0 Å². The molecule has 2 heterocycles. The Hall–Kier alpha value is -4.14. The van der Waals surface area contributed by atoms with Crippen LogP contribution in [0.1, 0.15) is 72.8 Å². The Morgan fingerprint density at radius 3 is 2.76 bits per heavy atom. The number of aromatic nitrogens is 4. The second kappa shape index (κ2) is 9.06. The maximum atomic E-state index is 14.6. The van der Waals surface area contributed by atoms with Gasteiger partial charge in [-0.3, -0.25) is 14.8 Å². The van der Waals surface area contributed by atoms with Crippen LogP contribution in [0.2, 0.25) is 0 Å². The summed E-state index contributed by atoms with van der Waals surface area (Å²) in [4.78, 5) is 26.7. The zero-order valence-corrected chi connectivity index (χ0v) is 20.6. The third kappa shape index (κ3) is 3.94. The van der Waals surface area contributed by atoms with Crippen LogP contribution < -0.4 is 16.6 Å². The van der Waals surface area contributed by atoms with Crippen molar-refractivity contribution in [3.8, 4) is 0 Å². The van der Waals surface area contributed by atoms with Crippen LogP contribution in [-0.2, 0) is 12.8 Å². The molecule has 2 aromatic heterocycles. The normalized spacial score (nSPS) is 15.8. The zero-order chi connectivity index (χ0) is 25.7. The summed E-state index contributed by atoms with van der Waals surface area (Å²) in [7, 11) is 0. The van der Waals surface area contributed by atoms with Crippen LogP contribution in [0.3, 0.4) is 0 Å². The van der Waals surface area contributed by atoms with Crippen molar-refractivity contribution in [1.29, 1.82) is 5.41 Å². The van der Waals surface area contributed by atoms with E-state index in [1.165, 1.54) is 23.5 Å². The summed E-state index contributed by atoms with van der Waals surface area (Å²) in [5.74, 6) is 0.517. The van der Waals surface area contributed by atoms with Gasteiger partial charge in [-0.25, -0.2) is 19.3 Å². The zero-order valence-electron chi connectivity index (χ0n) is 20.6. The predicted octanol–water partition coefficient (Wildman–Crippen LogP) is 4.71. The molecule has 2 aliphatic rings. The first-order valence-corrected chi connectivity index (χ1v) is 12.7. The van der Waals surface area contributed by atoms with Gasteiger partial charge in [0, 0.05) is 11.6 Å². The number of aryl methyl sites for hydroxylation is 2. The number of nitrogens with one attached hydrogen (secondary N) is 2. The summed E-state index contributed by atoms with van der Waals surface area (Å²) in [6.07, 6.45) is 7.25. The number of nitrogen functional groups attached to an aromatic ring is 1. The number of hydrogen-bond acceptors (Lipinski definition) is 7. The van der Waals surface area contributed by atoms with Gasteiger partial charge >= 0.3 is 0 Å². The Morgan fingerprint density at radius 1 is 1.16 bits per heavy atom. The fourth-order valence-corrected chi connectivity index (χ4v) is 5.42. The van der Waals surface area contributed by atoms with E-state index in [-0.39, 0.29) is 28.5 Å². The lowest BCUT2D eigenvalue weighted by Gasteiger charge is -2.31. The molecule has 1 saturated carbocycles. The Bertz CT molecular complexity index is 1610. The molecule has 4 aromatic rings. The van der Waals surface area contributed by atoms with Crippen LogP contribution in [0.4, 0.5) is 16.0 Å². The Kier molecular flexibility index (Phi) is 5.70. The van der Waals surface area contributed by atoms with E-state index in [4.69, 9.17) is 16.1 Å². The molecule has 37 heavy (non-hydrogen) atoms. The molecule has 0 amide bonds. The topological polar surface area (TPSA) is 123 Å². The summed E-state index contributed by atoms with van der Waals surface area (Å²) < 4.78 is 16.2. The van der Waals surface area contributed by atoms with E-state index in [0.29, 0.717) is 22.7 Å². The van der Waals surface area contributed by atoms with Crippen molar-refractivity contribution in [3.63, 3.8) is 0 Å². The third-order valence-corrected chi connectivity index (χ3v) is 7.60. The monoisotopic (exact) mass is 497 g/mol. The van der Waals surface area contributed by atoms with Crippen molar-refractivity contribution < 1.29 is 4.39 Å². The van der Waals surface area contributed by atoms with Crippen LogP contribution in [0, 0.1) is 11.2 Å². The predicted molar refractivity (Wildman–Crippen MR) is 142 cm³/mol. The minimum Gasteiger partial charge on any atom is -0.383 e. The van der Waals surface area contributed by atoms with Crippen molar-refractivity contribution in [3.05, 3.63) is 87.0 Å². The average Bonchev–Trinajstić information content (AvgIpc) is 3.32. The number of hydrogen-bond donors (Lipinski definition) is 3. The first kappa shape index (κ1) is 23.3. The fourth-order valence-electron chi connectivity index (χ4n) is 5.42. The smallest absolute Gasteiger partial charge is 0.264 e. The van der Waals surface area contributed by atoms with Crippen molar-refractivity contribution >= 4 is 28.3 Å². The Balaban J connectivity index is 1.41. The van der Waals surface area contributed by atoms with Gasteiger partial charge < -0.3 is 11.1 Å². The molecule has 0 bridgehead atoms. The number of nitrogens with two attached hydrogens (primary N) is 1. The van der Waals surface area contributed by atoms with E-state index < -0.39 is 11.9 Å². The number of nitrogens with zero attached hydrogens (tertiary/aromatic N) is 4. The largest absolute Gasteiger partial charge is 0.383 e. The van der Waals surface area contributed by atoms with E-state index >= 15 is 0 Å². The standard InChI is InChI=1S/C28H28FN7O/c1-15(27-35-21-10-4-9-20(29)22(21)28(37)36(27)19-7-3-8-19)34-26-23(25(31)32-14-33-26)24(30)18-12-11-16-5-2-6-17(16)13-18/h4,9-15,19,30H,2-3,5-8H2,1H3,(H3,31,32,33,34). The van der Waals surface area contributed by atoms with Gasteiger partial charge in [0.05, 0.1) is 22.8 Å². The summed E-state index contributed by atoms with van der Waals surface area (Å²) in [6.45, 7) is 1.88. The van der Waals surface area contributed by atoms with Crippen LogP contribution in [-0.4, -0.2) is 25.2 Å². The maximum Gasteiger partial charge on any atom is 0.264 e. The first-order valence-electron chi connectivity index (χ1n) is 12.7. The van der Waals surface area contributed by atoms with Gasteiger partial charge in [-0.05, 0) is 74.8 Å². The Labute approximate surface area is 213 Å². The minimum atomic E-state index is -0.566. The average molecular weight is 498 g/mol. The minimum absolute atomic E-state index is 0.00991. The molecule has 8 nitrogen and oxygen atoms in total. The molecule has 0 spiro atoms. The van der Waals surface area contributed by atoms with Gasteiger partial charge in [-0.1, -0.05) is 18.2 Å². The summed E-state index contributed by atoms with van der Waals surface area (Å²) >= 11 is 0. The van der Waals surface area contributed by atoms with Crippen LogP contribution in [0.15, 0.2) is 47.5 Å². The summed E-state index contributed by atoms with van der Waals surface area (Å²) in [5, 5.41) is 12.3. The molecule has 0 saturated heterocycles. The van der Waals surface area contributed by atoms with E-state index in [9.17, 15) is 9.18 Å². The molecular formula is C28H28FN7O. The molecular weight excluding hydrogens is 469 g/mol. The summed E-state index contributed by atoms with van der Waals surface area (Å²) in [6, 6.07) is 10.1. The van der Waals surface area contributed by atoms with E-state index in [2.05, 4.69) is 27.4 Å². The van der Waals surface area contributed by atoms with Crippen molar-refractivity contribution in [2.24, 2.45) is 0 Å². The maximum absolute atomic E-state index is 14.6. The molecule has 188 valence electrons. The van der Waals surface area contributed by atoms with Crippen molar-refractivity contribution in [1.82, 2.24) is 19.5 Å². The second-order valence-corrected chi connectivity index (χ2v) is 9.92. The molecule has 4 N–H and O–H groups in total. The molecule has 1 fully saturated rings. The number of halogens is 1. The molecule has 9 heteroatoms. The summed E-state index contributed by atoms with van der Waals surface area (Å²) in [5.41, 5.74) is 10.2. The lowest BCUT2D eigenvalue weighted by atomic mass is 9.92. The molecule has 0 radical (unpaired) electrons. The van der Waals surface area contributed by atoms with Gasteiger partial charge in [-0.15, -0.1) is 0 Å². The lowest BCUT2D eigenvalue weighted by Crippen LogP contribution is -2.35. The fraction of sp³-hybridized carbons (Fsp3) is 0.321. The highest BCUT2D eigenvalue weighted by atomic mass is 19.1. The number of anilines is 2. The molecule has 2 aromatic carbocycles. The highest BCUT2D eigenvalue weighted by molar-refractivity contribution is 6.16. The third-order valence-electron chi connectivity index (χ3n) is 7.60. The van der Waals surface area contributed by atoms with Gasteiger partial charge in [0.1, 0.15) is 35.0 Å². The number of benzene rings is 2. The van der Waals surface area contributed by atoms with Gasteiger partial charge in [0.15, 0.2) is 0 Å². The van der Waals surface area contributed by atoms with Crippen LogP contribution >= 0.6 is 0 Å².